The molecule has 0 radical (unpaired) electrons. The number of amides is 1. The molecule has 1 amide bonds. The Balaban J connectivity index is 2.54. The van der Waals surface area contributed by atoms with Gasteiger partial charge < -0.3 is 4.90 Å². The fourth-order valence-electron chi connectivity index (χ4n) is 1.40. The van der Waals surface area contributed by atoms with Gasteiger partial charge >= 0.3 is 0 Å². The van der Waals surface area contributed by atoms with Crippen molar-refractivity contribution in [2.24, 2.45) is 0 Å². The third kappa shape index (κ3) is 5.74. The van der Waals surface area contributed by atoms with E-state index < -0.39 is 10.0 Å². The minimum atomic E-state index is -3.22. The number of carbonyl (C=O) groups excluding carboxylic acids is 1. The van der Waals surface area contributed by atoms with Gasteiger partial charge in [0.1, 0.15) is 0 Å². The van der Waals surface area contributed by atoms with Crippen molar-refractivity contribution in [3.8, 4) is 0 Å². The molecule has 0 aliphatic carbocycles. The van der Waals surface area contributed by atoms with E-state index in [1.54, 1.807) is 17.2 Å². The number of aromatic nitrogens is 1. The third-order valence-electron chi connectivity index (χ3n) is 2.27. The Bertz CT molecular complexity index is 488. The molecule has 0 fully saturated rings. The number of hydrogen-bond donors (Lipinski definition) is 1. The zero-order valence-corrected chi connectivity index (χ0v) is 11.3. The fourth-order valence-corrected chi connectivity index (χ4v) is 1.86. The summed E-state index contributed by atoms with van der Waals surface area (Å²) < 4.78 is 24.2. The van der Waals surface area contributed by atoms with Crippen LogP contribution in [0, 0.1) is 0 Å². The molecule has 0 aromatic carbocycles. The van der Waals surface area contributed by atoms with E-state index in [2.05, 4.69) is 9.71 Å². The molecule has 0 saturated carbocycles. The normalized spacial score (nSPS) is 11.2. The van der Waals surface area contributed by atoms with Crippen LogP contribution >= 0.6 is 0 Å². The maximum atomic E-state index is 11.4. The highest BCUT2D eigenvalue weighted by Crippen LogP contribution is 2.01. The molecule has 1 N–H and O–H groups in total. The smallest absolute Gasteiger partial charge is 0.219 e. The predicted octanol–water partition coefficient (Wildman–Crippen LogP) is -0.0207. The first-order chi connectivity index (χ1) is 8.38. The van der Waals surface area contributed by atoms with E-state index in [4.69, 9.17) is 0 Å². The summed E-state index contributed by atoms with van der Waals surface area (Å²) in [6.45, 7) is 2.34. The first-order valence-corrected chi connectivity index (χ1v) is 7.37. The van der Waals surface area contributed by atoms with Gasteiger partial charge in [0.15, 0.2) is 0 Å². The van der Waals surface area contributed by atoms with Crippen molar-refractivity contribution in [2.45, 2.75) is 13.5 Å². The highest BCUT2D eigenvalue weighted by atomic mass is 32.2. The van der Waals surface area contributed by atoms with Gasteiger partial charge in [-0.15, -0.1) is 0 Å². The van der Waals surface area contributed by atoms with Crippen LogP contribution < -0.4 is 4.72 Å². The van der Waals surface area contributed by atoms with E-state index in [9.17, 15) is 13.2 Å². The minimum absolute atomic E-state index is 0.115. The summed E-state index contributed by atoms with van der Waals surface area (Å²) in [7, 11) is -3.22. The van der Waals surface area contributed by atoms with Crippen LogP contribution in [0.5, 0.6) is 0 Å². The van der Waals surface area contributed by atoms with E-state index in [0.717, 1.165) is 11.9 Å². The van der Waals surface area contributed by atoms with Crippen molar-refractivity contribution in [2.75, 3.05) is 19.3 Å². The van der Waals surface area contributed by atoms with Crippen LogP contribution in [0.25, 0.3) is 0 Å². The molecule has 0 aliphatic rings. The number of pyridine rings is 1. The van der Waals surface area contributed by atoms with Crippen molar-refractivity contribution >= 4 is 15.9 Å². The second kappa shape index (κ2) is 6.46. The number of nitrogens with zero attached hydrogens (tertiary/aromatic N) is 2. The molecular weight excluding hydrogens is 254 g/mol. The standard InChI is InChI=1S/C11H17N3O3S/c1-10(15)14(8-7-13-18(2,16)17)9-11-5-3-4-6-12-11/h3-6,13H,7-9H2,1-2H3. The van der Waals surface area contributed by atoms with E-state index in [1.807, 2.05) is 12.1 Å². The lowest BCUT2D eigenvalue weighted by Crippen LogP contribution is -2.36. The Kier molecular flexibility index (Phi) is 5.24. The number of rotatable bonds is 6. The zero-order chi connectivity index (χ0) is 13.6. The Morgan fingerprint density at radius 2 is 2.17 bits per heavy atom. The quantitative estimate of drug-likeness (QED) is 0.788. The first-order valence-electron chi connectivity index (χ1n) is 5.48. The average molecular weight is 271 g/mol. The molecule has 1 heterocycles. The van der Waals surface area contributed by atoms with Crippen LogP contribution in [0.2, 0.25) is 0 Å². The Morgan fingerprint density at radius 3 is 2.67 bits per heavy atom. The van der Waals surface area contributed by atoms with E-state index in [0.29, 0.717) is 13.1 Å². The molecule has 1 rings (SSSR count). The second-order valence-corrected chi connectivity index (χ2v) is 5.76. The van der Waals surface area contributed by atoms with Gasteiger partial charge in [-0.2, -0.15) is 0 Å². The predicted molar refractivity (Wildman–Crippen MR) is 68.2 cm³/mol. The summed E-state index contributed by atoms with van der Waals surface area (Å²) in [5.74, 6) is -0.115. The molecule has 6 nitrogen and oxygen atoms in total. The largest absolute Gasteiger partial charge is 0.336 e. The van der Waals surface area contributed by atoms with E-state index in [1.165, 1.54) is 6.92 Å². The van der Waals surface area contributed by atoms with Crippen LogP contribution in [0.15, 0.2) is 24.4 Å². The second-order valence-electron chi connectivity index (χ2n) is 3.93. The van der Waals surface area contributed by atoms with Gasteiger partial charge in [-0.05, 0) is 12.1 Å². The third-order valence-corrected chi connectivity index (χ3v) is 3.00. The van der Waals surface area contributed by atoms with E-state index in [-0.39, 0.29) is 12.5 Å². The maximum Gasteiger partial charge on any atom is 0.219 e. The minimum Gasteiger partial charge on any atom is -0.336 e. The molecule has 0 saturated heterocycles. The molecule has 0 unspecified atom stereocenters. The molecular formula is C11H17N3O3S. The summed E-state index contributed by atoms with van der Waals surface area (Å²) in [6, 6.07) is 5.46. The van der Waals surface area contributed by atoms with Crippen molar-refractivity contribution in [3.05, 3.63) is 30.1 Å². The number of carbonyl (C=O) groups is 1. The topological polar surface area (TPSA) is 79.4 Å². The average Bonchev–Trinajstić information content (AvgIpc) is 2.27. The monoisotopic (exact) mass is 271 g/mol. The van der Waals surface area contributed by atoms with Gasteiger partial charge in [0, 0.05) is 26.2 Å². The van der Waals surface area contributed by atoms with Crippen LogP contribution in [-0.2, 0) is 21.4 Å². The number of nitrogens with one attached hydrogen (secondary N) is 1. The van der Waals surface area contributed by atoms with Crippen LogP contribution in [0.1, 0.15) is 12.6 Å². The van der Waals surface area contributed by atoms with Crippen molar-refractivity contribution in [1.29, 1.82) is 0 Å². The summed E-state index contributed by atoms with van der Waals surface area (Å²) in [4.78, 5) is 17.1. The van der Waals surface area contributed by atoms with Gasteiger partial charge in [0.05, 0.1) is 18.5 Å². The summed E-state index contributed by atoms with van der Waals surface area (Å²) in [5, 5.41) is 0. The molecule has 1 aromatic heterocycles. The summed E-state index contributed by atoms with van der Waals surface area (Å²) in [5.41, 5.74) is 0.770. The number of hydrogen-bond acceptors (Lipinski definition) is 4. The molecule has 0 aliphatic heterocycles. The fraction of sp³-hybridized carbons (Fsp3) is 0.455. The SMILES string of the molecule is CC(=O)N(CCNS(C)(=O)=O)Cc1ccccn1. The van der Waals surface area contributed by atoms with Crippen molar-refractivity contribution < 1.29 is 13.2 Å². The van der Waals surface area contributed by atoms with Gasteiger partial charge in [0.25, 0.3) is 0 Å². The molecule has 0 bridgehead atoms. The lowest BCUT2D eigenvalue weighted by molar-refractivity contribution is -0.129. The molecule has 7 heteroatoms. The van der Waals surface area contributed by atoms with Gasteiger partial charge in [0.2, 0.25) is 15.9 Å². The van der Waals surface area contributed by atoms with Gasteiger partial charge in [-0.25, -0.2) is 13.1 Å². The first kappa shape index (κ1) is 14.6. The Labute approximate surface area is 107 Å². The molecule has 100 valence electrons. The summed E-state index contributed by atoms with van der Waals surface area (Å²) in [6.07, 6.45) is 2.74. The lowest BCUT2D eigenvalue weighted by atomic mass is 10.3. The lowest BCUT2D eigenvalue weighted by Gasteiger charge is -2.20. The molecule has 18 heavy (non-hydrogen) atoms. The van der Waals surface area contributed by atoms with Crippen molar-refractivity contribution in [3.63, 3.8) is 0 Å². The molecule has 0 spiro atoms. The van der Waals surface area contributed by atoms with Crippen LogP contribution in [-0.4, -0.2) is 43.6 Å². The zero-order valence-electron chi connectivity index (χ0n) is 10.5. The van der Waals surface area contributed by atoms with E-state index >= 15 is 0 Å². The highest BCUT2D eigenvalue weighted by molar-refractivity contribution is 7.88. The number of sulfonamides is 1. The van der Waals surface area contributed by atoms with Gasteiger partial charge in [-0.3, -0.25) is 9.78 Å². The maximum absolute atomic E-state index is 11.4. The molecule has 1 aromatic rings. The van der Waals surface area contributed by atoms with Crippen LogP contribution in [0.4, 0.5) is 0 Å². The highest BCUT2D eigenvalue weighted by Gasteiger charge is 2.10. The Morgan fingerprint density at radius 1 is 1.44 bits per heavy atom. The Hall–Kier alpha value is -1.47. The van der Waals surface area contributed by atoms with Crippen LogP contribution in [0.3, 0.4) is 0 Å². The summed E-state index contributed by atoms with van der Waals surface area (Å²) >= 11 is 0. The van der Waals surface area contributed by atoms with Gasteiger partial charge in [-0.1, -0.05) is 6.07 Å². The van der Waals surface area contributed by atoms with Crippen molar-refractivity contribution in [1.82, 2.24) is 14.6 Å². The molecule has 0 atom stereocenters.